The third kappa shape index (κ3) is 3.09. The predicted molar refractivity (Wildman–Crippen MR) is 74.4 cm³/mol. The number of anilines is 1. The molecule has 2 aromatic rings. The molecule has 0 unspecified atom stereocenters. The Morgan fingerprint density at radius 3 is 2.70 bits per heavy atom. The molecule has 4 nitrogen and oxygen atoms in total. The predicted octanol–water partition coefficient (Wildman–Crippen LogP) is 2.61. The van der Waals surface area contributed by atoms with Gasteiger partial charge in [0.1, 0.15) is 11.9 Å². The van der Waals surface area contributed by atoms with Crippen LogP contribution in [0.5, 0.6) is 0 Å². The van der Waals surface area contributed by atoms with Gasteiger partial charge in [0.05, 0.1) is 17.0 Å². The summed E-state index contributed by atoms with van der Waals surface area (Å²) in [4.78, 5) is 8.26. The zero-order chi connectivity index (χ0) is 14.5. The van der Waals surface area contributed by atoms with E-state index in [2.05, 4.69) is 16.0 Å². The average Bonchev–Trinajstić information content (AvgIpc) is 2.39. The highest BCUT2D eigenvalue weighted by Crippen LogP contribution is 2.17. The maximum Gasteiger partial charge on any atom is 0.220 e. The van der Waals surface area contributed by atoms with Gasteiger partial charge < -0.3 is 5.73 Å². The summed E-state index contributed by atoms with van der Waals surface area (Å²) in [6, 6.07) is 8.37. The molecular formula is C15H15FN4. The summed E-state index contributed by atoms with van der Waals surface area (Å²) in [5.41, 5.74) is 8.10. The monoisotopic (exact) mass is 270 g/mol. The molecule has 0 aliphatic heterocycles. The molecule has 0 saturated heterocycles. The summed E-state index contributed by atoms with van der Waals surface area (Å²) in [5, 5.41) is 9.30. The molecule has 2 N–H and O–H groups in total. The minimum Gasteiger partial charge on any atom is -0.368 e. The molecule has 1 aromatic carbocycles. The molecule has 0 fully saturated rings. The molecule has 5 heteroatoms. The van der Waals surface area contributed by atoms with Gasteiger partial charge in [-0.1, -0.05) is 25.5 Å². The van der Waals surface area contributed by atoms with Gasteiger partial charge in [0.2, 0.25) is 5.95 Å². The second-order valence-corrected chi connectivity index (χ2v) is 4.52. The summed E-state index contributed by atoms with van der Waals surface area (Å²) >= 11 is 0. The highest BCUT2D eigenvalue weighted by molar-refractivity contribution is 5.43. The van der Waals surface area contributed by atoms with Crippen molar-refractivity contribution in [1.29, 1.82) is 5.26 Å². The molecule has 1 aromatic heterocycles. The minimum atomic E-state index is -0.309. The van der Waals surface area contributed by atoms with Crippen molar-refractivity contribution in [2.24, 2.45) is 0 Å². The quantitative estimate of drug-likeness (QED) is 0.926. The van der Waals surface area contributed by atoms with Crippen LogP contribution in [0, 0.1) is 17.1 Å². The molecule has 1 heterocycles. The van der Waals surface area contributed by atoms with E-state index < -0.39 is 0 Å². The summed E-state index contributed by atoms with van der Waals surface area (Å²) in [5.74, 6) is -0.157. The molecule has 0 aliphatic rings. The number of rotatable bonds is 4. The molecule has 20 heavy (non-hydrogen) atoms. The molecule has 102 valence electrons. The summed E-state index contributed by atoms with van der Waals surface area (Å²) in [6.45, 7) is 2.01. The Bertz CT molecular complexity index is 661. The van der Waals surface area contributed by atoms with Crippen LogP contribution in [-0.4, -0.2) is 9.97 Å². The lowest BCUT2D eigenvalue weighted by Crippen LogP contribution is -2.08. The van der Waals surface area contributed by atoms with Crippen LogP contribution in [0.4, 0.5) is 10.3 Å². The molecule has 0 radical (unpaired) electrons. The number of aryl methyl sites for hydroxylation is 1. The number of benzene rings is 1. The second-order valence-electron chi connectivity index (χ2n) is 4.52. The van der Waals surface area contributed by atoms with Crippen molar-refractivity contribution in [3.05, 3.63) is 52.6 Å². The van der Waals surface area contributed by atoms with Gasteiger partial charge in [-0.05, 0) is 24.1 Å². The molecule has 0 bridgehead atoms. The highest BCUT2D eigenvalue weighted by atomic mass is 19.1. The number of hydrogen-bond acceptors (Lipinski definition) is 4. The van der Waals surface area contributed by atoms with Gasteiger partial charge in [-0.25, -0.2) is 14.4 Å². The van der Waals surface area contributed by atoms with Gasteiger partial charge in [0.15, 0.2) is 0 Å². The van der Waals surface area contributed by atoms with Gasteiger partial charge in [-0.15, -0.1) is 0 Å². The van der Waals surface area contributed by atoms with Crippen LogP contribution in [0.15, 0.2) is 24.3 Å². The number of aromatic nitrogens is 2. The first-order chi connectivity index (χ1) is 9.63. The number of nitriles is 1. The number of nitrogens with two attached hydrogens (primary N) is 1. The average molecular weight is 270 g/mol. The van der Waals surface area contributed by atoms with Crippen LogP contribution in [0.25, 0.3) is 0 Å². The lowest BCUT2D eigenvalue weighted by molar-refractivity contribution is 0.626. The van der Waals surface area contributed by atoms with E-state index in [0.717, 1.165) is 12.0 Å². The normalized spacial score (nSPS) is 10.2. The molecule has 0 atom stereocenters. The van der Waals surface area contributed by atoms with E-state index in [0.29, 0.717) is 29.8 Å². The van der Waals surface area contributed by atoms with E-state index in [1.165, 1.54) is 12.1 Å². The van der Waals surface area contributed by atoms with Crippen LogP contribution in [-0.2, 0) is 12.8 Å². The Balaban J connectivity index is 2.43. The first kappa shape index (κ1) is 13.9. The number of halogens is 1. The first-order valence-electron chi connectivity index (χ1n) is 6.43. The Labute approximate surface area is 117 Å². The number of hydrogen-bond donors (Lipinski definition) is 1. The maximum absolute atomic E-state index is 13.2. The van der Waals surface area contributed by atoms with Gasteiger partial charge in [-0.2, -0.15) is 5.26 Å². The molecule has 0 aliphatic carbocycles. The smallest absolute Gasteiger partial charge is 0.220 e. The SMILES string of the molecule is CCCc1nc(N)nc(Cc2cccc(F)c2)c1C#N. The van der Waals surface area contributed by atoms with Crippen LogP contribution < -0.4 is 5.73 Å². The van der Waals surface area contributed by atoms with Crippen LogP contribution >= 0.6 is 0 Å². The second kappa shape index (κ2) is 6.11. The van der Waals surface area contributed by atoms with Crippen molar-refractivity contribution in [1.82, 2.24) is 9.97 Å². The van der Waals surface area contributed by atoms with Gasteiger partial charge in [-0.3, -0.25) is 0 Å². The minimum absolute atomic E-state index is 0.152. The molecule has 0 amide bonds. The van der Waals surface area contributed by atoms with E-state index in [1.807, 2.05) is 6.92 Å². The molecule has 2 rings (SSSR count). The van der Waals surface area contributed by atoms with Gasteiger partial charge >= 0.3 is 0 Å². The van der Waals surface area contributed by atoms with Crippen molar-refractivity contribution in [2.75, 3.05) is 5.73 Å². The molecular weight excluding hydrogens is 255 g/mol. The lowest BCUT2D eigenvalue weighted by Gasteiger charge is -2.09. The summed E-state index contributed by atoms with van der Waals surface area (Å²) in [6.07, 6.45) is 1.90. The standard InChI is InChI=1S/C15H15FN4/c1-2-4-13-12(9-17)14(20-15(18)19-13)8-10-5-3-6-11(16)7-10/h3,5-7H,2,4,8H2,1H3,(H2,18,19,20). The number of nitrogens with zero attached hydrogens (tertiary/aromatic N) is 3. The fourth-order valence-electron chi connectivity index (χ4n) is 2.09. The third-order valence-corrected chi connectivity index (χ3v) is 2.94. The van der Waals surface area contributed by atoms with Crippen LogP contribution in [0.2, 0.25) is 0 Å². The third-order valence-electron chi connectivity index (χ3n) is 2.94. The van der Waals surface area contributed by atoms with Gasteiger partial charge in [0, 0.05) is 6.42 Å². The van der Waals surface area contributed by atoms with Crippen molar-refractivity contribution in [3.63, 3.8) is 0 Å². The van der Waals surface area contributed by atoms with Crippen molar-refractivity contribution in [2.45, 2.75) is 26.2 Å². The Hall–Kier alpha value is -2.48. The van der Waals surface area contributed by atoms with E-state index in [9.17, 15) is 9.65 Å². The van der Waals surface area contributed by atoms with Crippen LogP contribution in [0.1, 0.15) is 35.9 Å². The van der Waals surface area contributed by atoms with Crippen molar-refractivity contribution < 1.29 is 4.39 Å². The fourth-order valence-corrected chi connectivity index (χ4v) is 2.09. The highest BCUT2D eigenvalue weighted by Gasteiger charge is 2.13. The fraction of sp³-hybridized carbons (Fsp3) is 0.267. The maximum atomic E-state index is 13.2. The largest absolute Gasteiger partial charge is 0.368 e. The van der Waals surface area contributed by atoms with E-state index >= 15 is 0 Å². The Morgan fingerprint density at radius 2 is 2.05 bits per heavy atom. The molecule has 0 spiro atoms. The molecule has 0 saturated carbocycles. The first-order valence-corrected chi connectivity index (χ1v) is 6.43. The van der Waals surface area contributed by atoms with E-state index in [1.54, 1.807) is 12.1 Å². The zero-order valence-corrected chi connectivity index (χ0v) is 11.2. The van der Waals surface area contributed by atoms with E-state index in [-0.39, 0.29) is 11.8 Å². The van der Waals surface area contributed by atoms with Crippen LogP contribution in [0.3, 0.4) is 0 Å². The summed E-state index contributed by atoms with van der Waals surface area (Å²) in [7, 11) is 0. The van der Waals surface area contributed by atoms with E-state index in [4.69, 9.17) is 5.73 Å². The lowest BCUT2D eigenvalue weighted by atomic mass is 10.0. The topological polar surface area (TPSA) is 75.6 Å². The van der Waals surface area contributed by atoms with Crippen molar-refractivity contribution in [3.8, 4) is 6.07 Å². The van der Waals surface area contributed by atoms with Crippen molar-refractivity contribution >= 4 is 5.95 Å². The Morgan fingerprint density at radius 1 is 1.30 bits per heavy atom. The Kier molecular flexibility index (Phi) is 4.26. The zero-order valence-electron chi connectivity index (χ0n) is 11.2. The summed E-state index contributed by atoms with van der Waals surface area (Å²) < 4.78 is 13.2. The number of nitrogen functional groups attached to an aromatic ring is 1. The van der Waals surface area contributed by atoms with Gasteiger partial charge in [0.25, 0.3) is 0 Å².